The molecule has 1 amide bonds. The molecule has 0 aliphatic heterocycles. The van der Waals surface area contributed by atoms with Gasteiger partial charge in [-0.3, -0.25) is 9.59 Å². The Morgan fingerprint density at radius 2 is 2.19 bits per heavy atom. The van der Waals surface area contributed by atoms with Gasteiger partial charge >= 0.3 is 0 Å². The zero-order valence-electron chi connectivity index (χ0n) is 18.5. The van der Waals surface area contributed by atoms with Gasteiger partial charge in [0.15, 0.2) is 5.13 Å². The highest BCUT2D eigenvalue weighted by Crippen LogP contribution is 2.62. The number of Topliss-reactive ketones (excluding diaryl/α,β-unsaturated/α-hetero) is 1. The van der Waals surface area contributed by atoms with E-state index in [4.69, 9.17) is 0 Å². The van der Waals surface area contributed by atoms with Crippen LogP contribution < -0.4 is 5.32 Å². The molecule has 3 aliphatic rings. The summed E-state index contributed by atoms with van der Waals surface area (Å²) >= 11 is 4.98. The van der Waals surface area contributed by atoms with Crippen LogP contribution in [0.5, 0.6) is 5.75 Å². The van der Waals surface area contributed by atoms with Gasteiger partial charge in [-0.2, -0.15) is 0 Å². The fourth-order valence-electron chi connectivity index (χ4n) is 6.82. The topological polar surface area (TPSA) is 79.3 Å². The van der Waals surface area contributed by atoms with Gasteiger partial charge in [0, 0.05) is 29.3 Å². The number of hydrogen-bond acceptors (Lipinski definition) is 5. The minimum Gasteiger partial charge on any atom is -0.507 e. The molecule has 1 aromatic carbocycles. The van der Waals surface area contributed by atoms with Crippen LogP contribution in [-0.4, -0.2) is 21.8 Å². The minimum absolute atomic E-state index is 0.0128. The number of anilines is 1. The van der Waals surface area contributed by atoms with E-state index in [0.29, 0.717) is 47.3 Å². The van der Waals surface area contributed by atoms with Gasteiger partial charge in [-0.15, -0.1) is 11.3 Å². The summed E-state index contributed by atoms with van der Waals surface area (Å²) in [5, 5.41) is 13.7. The number of phenolic OH excluding ortho intramolecular Hbond substituents is 1. The fourth-order valence-corrected chi connectivity index (χ4v) is 7.86. The number of thiazole rings is 1. The largest absolute Gasteiger partial charge is 0.507 e. The predicted octanol–water partition coefficient (Wildman–Crippen LogP) is 5.99. The fraction of sp³-hybridized carbons (Fsp3) is 0.560. The molecule has 5 rings (SSSR count). The number of phenols is 1. The molecule has 32 heavy (non-hydrogen) atoms. The lowest BCUT2D eigenvalue weighted by Gasteiger charge is -2.50. The van der Waals surface area contributed by atoms with Crippen molar-refractivity contribution in [1.29, 1.82) is 0 Å². The average molecular weight is 517 g/mol. The van der Waals surface area contributed by atoms with Crippen LogP contribution in [0.15, 0.2) is 22.8 Å². The predicted molar refractivity (Wildman–Crippen MR) is 129 cm³/mol. The first kappa shape index (κ1) is 22.1. The zero-order chi connectivity index (χ0) is 22.6. The Morgan fingerprint density at radius 3 is 2.94 bits per heavy atom. The van der Waals surface area contributed by atoms with E-state index < -0.39 is 0 Å². The van der Waals surface area contributed by atoms with Crippen molar-refractivity contribution in [2.45, 2.75) is 64.7 Å². The van der Waals surface area contributed by atoms with E-state index in [1.807, 2.05) is 13.0 Å². The Morgan fingerprint density at radius 1 is 1.38 bits per heavy atom. The number of aromatic hydroxyl groups is 1. The number of nitrogens with zero attached hydrogens (tertiary/aromatic N) is 1. The van der Waals surface area contributed by atoms with Gasteiger partial charge in [0.2, 0.25) is 5.91 Å². The standard InChI is InChI=1S/C25H29BrN2O3S/c1-13-12-27-24(32-13)28-22(31)6-4-15-10-21(30)25(2)8-7-16-17(23(15)25)5-3-14-9-20(29)19(26)11-18(14)16/h9,11-12,15-17,23,29H,3-8,10H2,1-2H3,(H,27,28,31)/t15-,16?,17?,23?,25?/m1/s1. The highest BCUT2D eigenvalue weighted by atomic mass is 79.9. The Bertz CT molecular complexity index is 1080. The van der Waals surface area contributed by atoms with Gasteiger partial charge in [-0.25, -0.2) is 4.98 Å². The maximum Gasteiger partial charge on any atom is 0.226 e. The molecule has 2 fully saturated rings. The first-order valence-corrected chi connectivity index (χ1v) is 13.1. The van der Waals surface area contributed by atoms with Crippen molar-refractivity contribution < 1.29 is 14.7 Å². The molecule has 0 radical (unpaired) electrons. The number of amides is 1. The van der Waals surface area contributed by atoms with Crippen LogP contribution in [0.3, 0.4) is 0 Å². The van der Waals surface area contributed by atoms with Crippen LogP contribution in [0.4, 0.5) is 5.13 Å². The highest BCUT2D eigenvalue weighted by Gasteiger charge is 2.58. The third-order valence-corrected chi connectivity index (χ3v) is 9.71. The second-order valence-corrected chi connectivity index (χ2v) is 12.1. The molecule has 1 heterocycles. The molecule has 7 heteroatoms. The van der Waals surface area contributed by atoms with E-state index in [9.17, 15) is 14.7 Å². The van der Waals surface area contributed by atoms with E-state index in [0.717, 1.165) is 41.5 Å². The van der Waals surface area contributed by atoms with Crippen LogP contribution in [0, 0.1) is 30.1 Å². The van der Waals surface area contributed by atoms with E-state index in [1.54, 1.807) is 6.20 Å². The molecule has 4 unspecified atom stereocenters. The quantitative estimate of drug-likeness (QED) is 0.522. The van der Waals surface area contributed by atoms with Crippen LogP contribution in [-0.2, 0) is 16.0 Å². The maximum atomic E-state index is 13.1. The van der Waals surface area contributed by atoms with E-state index in [2.05, 4.69) is 39.2 Å². The normalized spacial score (nSPS) is 31.0. The smallest absolute Gasteiger partial charge is 0.226 e. The number of halogens is 1. The number of aromatic nitrogens is 1. The van der Waals surface area contributed by atoms with Gasteiger partial charge in [0.1, 0.15) is 11.5 Å². The monoisotopic (exact) mass is 516 g/mol. The van der Waals surface area contributed by atoms with Crippen LogP contribution in [0.1, 0.15) is 67.4 Å². The number of carbonyl (C=O) groups is 2. The van der Waals surface area contributed by atoms with Crippen molar-refractivity contribution in [2.24, 2.45) is 23.2 Å². The van der Waals surface area contributed by atoms with Crippen molar-refractivity contribution in [1.82, 2.24) is 4.98 Å². The summed E-state index contributed by atoms with van der Waals surface area (Å²) in [6, 6.07) is 4.00. The van der Waals surface area contributed by atoms with Crippen molar-refractivity contribution >= 4 is 44.1 Å². The summed E-state index contributed by atoms with van der Waals surface area (Å²) in [7, 11) is 0. The summed E-state index contributed by atoms with van der Waals surface area (Å²) in [5.74, 6) is 2.14. The summed E-state index contributed by atoms with van der Waals surface area (Å²) in [5.41, 5.74) is 2.32. The van der Waals surface area contributed by atoms with Crippen LogP contribution >= 0.6 is 27.3 Å². The lowest BCUT2D eigenvalue weighted by Crippen LogP contribution is -2.44. The third kappa shape index (κ3) is 3.71. The number of carbonyl (C=O) groups excluding carboxylic acids is 2. The number of benzene rings is 1. The Kier molecular flexibility index (Phi) is 5.69. The molecule has 2 aromatic rings. The van der Waals surface area contributed by atoms with Gasteiger partial charge in [-0.1, -0.05) is 6.92 Å². The molecular formula is C25H29BrN2O3S. The molecule has 0 saturated heterocycles. The first-order valence-electron chi connectivity index (χ1n) is 11.5. The number of aryl methyl sites for hydroxylation is 2. The minimum atomic E-state index is -0.264. The second kappa shape index (κ2) is 8.24. The van der Waals surface area contributed by atoms with Crippen LogP contribution in [0.25, 0.3) is 0 Å². The summed E-state index contributed by atoms with van der Waals surface area (Å²) in [6.45, 7) is 4.15. The average Bonchev–Trinajstić information content (AvgIpc) is 3.27. The molecule has 2 N–H and O–H groups in total. The molecule has 2 saturated carbocycles. The van der Waals surface area contributed by atoms with Crippen molar-refractivity contribution in [3.05, 3.63) is 38.8 Å². The molecule has 0 bridgehead atoms. The highest BCUT2D eigenvalue weighted by molar-refractivity contribution is 9.10. The van der Waals surface area contributed by atoms with Crippen molar-refractivity contribution in [3.63, 3.8) is 0 Å². The molecule has 5 nitrogen and oxygen atoms in total. The molecule has 170 valence electrons. The third-order valence-electron chi connectivity index (χ3n) is 8.25. The molecule has 1 aromatic heterocycles. The number of hydrogen-bond donors (Lipinski definition) is 2. The van der Waals surface area contributed by atoms with Gasteiger partial charge in [0.05, 0.1) is 4.47 Å². The van der Waals surface area contributed by atoms with E-state index in [1.165, 1.54) is 22.5 Å². The molecule has 5 atom stereocenters. The SMILES string of the molecule is Cc1cnc(NC(=O)CC[C@@H]2CC(=O)C3(C)CCC4c5cc(Br)c(O)cc5CCC4C23)s1. The lowest BCUT2D eigenvalue weighted by atomic mass is 9.54. The maximum absolute atomic E-state index is 13.1. The van der Waals surface area contributed by atoms with Crippen LogP contribution in [0.2, 0.25) is 0 Å². The molecular weight excluding hydrogens is 488 g/mol. The van der Waals surface area contributed by atoms with Gasteiger partial charge < -0.3 is 10.4 Å². The Balaban J connectivity index is 1.35. The number of fused-ring (bicyclic) bond motifs is 5. The molecule has 3 aliphatic carbocycles. The van der Waals surface area contributed by atoms with Crippen molar-refractivity contribution in [2.75, 3.05) is 5.32 Å². The lowest BCUT2D eigenvalue weighted by molar-refractivity contribution is -0.129. The van der Waals surface area contributed by atoms with E-state index in [-0.39, 0.29) is 17.2 Å². The summed E-state index contributed by atoms with van der Waals surface area (Å²) < 4.78 is 0.748. The number of ketones is 1. The van der Waals surface area contributed by atoms with Gasteiger partial charge in [0.25, 0.3) is 0 Å². The zero-order valence-corrected chi connectivity index (χ0v) is 20.9. The first-order chi connectivity index (χ1) is 15.3. The summed E-state index contributed by atoms with van der Waals surface area (Å²) in [4.78, 5) is 31.0. The Hall–Kier alpha value is -1.73. The van der Waals surface area contributed by atoms with Gasteiger partial charge in [-0.05, 0) is 102 Å². The Labute approximate surface area is 201 Å². The number of rotatable bonds is 4. The van der Waals surface area contributed by atoms with Crippen molar-refractivity contribution in [3.8, 4) is 5.75 Å². The second-order valence-electron chi connectivity index (χ2n) is 10.0. The number of nitrogens with one attached hydrogen (secondary N) is 1. The molecule has 0 spiro atoms. The van der Waals surface area contributed by atoms with E-state index >= 15 is 0 Å². The summed E-state index contributed by atoms with van der Waals surface area (Å²) in [6.07, 6.45) is 7.46.